The van der Waals surface area contributed by atoms with E-state index >= 15 is 0 Å². The standard InChI is InChI=1S/C40H57N5O9/c1-40(2,3)54-38(48)42-16-22-51-25-24-50-21-15-35(46)41-17-23-52-32-11-7-10-31(26-32)37(29-8-5-4-6-9-29)30-12-18-44(19-13-30)39(49)45-20-14-34-33(27-45)43-36(47)28-53-34/h4-11,26,30,33-34,37H,12-25,27-28H2,1-3H3,(H,41,46)(H,42,48)(H,43,47)/t33-,34+,37?/m1/s1. The molecule has 3 saturated heterocycles. The van der Waals surface area contributed by atoms with Crippen LogP contribution in [0.4, 0.5) is 9.59 Å². The van der Waals surface area contributed by atoms with Gasteiger partial charge in [-0.15, -0.1) is 0 Å². The Morgan fingerprint density at radius 3 is 2.31 bits per heavy atom. The number of carbonyl (C=O) groups is 4. The fourth-order valence-corrected chi connectivity index (χ4v) is 7.17. The Bertz CT molecular complexity index is 1510. The normalized spacial score (nSPS) is 19.6. The molecule has 0 saturated carbocycles. The molecular formula is C40H57N5O9. The maximum absolute atomic E-state index is 13.5. The lowest BCUT2D eigenvalue weighted by Gasteiger charge is -2.44. The average Bonchev–Trinajstić information content (AvgIpc) is 3.15. The van der Waals surface area contributed by atoms with Crippen molar-refractivity contribution >= 4 is 23.9 Å². The van der Waals surface area contributed by atoms with Crippen molar-refractivity contribution in [3.8, 4) is 5.75 Å². The number of hydrogen-bond donors (Lipinski definition) is 3. The number of rotatable bonds is 16. The molecule has 296 valence electrons. The molecule has 3 N–H and O–H groups in total. The van der Waals surface area contributed by atoms with Crippen LogP contribution in [0.1, 0.15) is 63.5 Å². The molecule has 0 aliphatic carbocycles. The third-order valence-electron chi connectivity index (χ3n) is 9.71. The van der Waals surface area contributed by atoms with Crippen LogP contribution >= 0.6 is 0 Å². The van der Waals surface area contributed by atoms with Crippen LogP contribution in [0.3, 0.4) is 0 Å². The van der Waals surface area contributed by atoms with E-state index in [1.807, 2.05) is 28.0 Å². The highest BCUT2D eigenvalue weighted by atomic mass is 16.6. The van der Waals surface area contributed by atoms with Crippen LogP contribution in [-0.4, -0.2) is 130 Å². The number of carbonyl (C=O) groups excluding carboxylic acids is 4. The predicted octanol–water partition coefficient (Wildman–Crippen LogP) is 3.68. The number of morpholine rings is 1. The summed E-state index contributed by atoms with van der Waals surface area (Å²) in [6.07, 6.45) is 2.18. The van der Waals surface area contributed by atoms with Crippen molar-refractivity contribution in [3.63, 3.8) is 0 Å². The van der Waals surface area contributed by atoms with Crippen molar-refractivity contribution in [2.24, 2.45) is 5.92 Å². The first kappa shape index (κ1) is 40.8. The first-order chi connectivity index (χ1) is 26.1. The van der Waals surface area contributed by atoms with Gasteiger partial charge in [0.1, 0.15) is 24.6 Å². The van der Waals surface area contributed by atoms with Crippen molar-refractivity contribution in [2.75, 3.05) is 78.9 Å². The second-order valence-electron chi connectivity index (χ2n) is 14.9. The predicted molar refractivity (Wildman–Crippen MR) is 201 cm³/mol. The van der Waals surface area contributed by atoms with Gasteiger partial charge in [0.15, 0.2) is 0 Å². The summed E-state index contributed by atoms with van der Waals surface area (Å²) in [4.78, 5) is 53.1. The van der Waals surface area contributed by atoms with Gasteiger partial charge in [-0.25, -0.2) is 9.59 Å². The number of ether oxygens (including phenoxy) is 5. The number of likely N-dealkylation sites (tertiary alicyclic amines) is 2. The molecule has 3 fully saturated rings. The second kappa shape index (κ2) is 20.3. The van der Waals surface area contributed by atoms with Crippen LogP contribution in [0.5, 0.6) is 5.75 Å². The number of urea groups is 1. The van der Waals surface area contributed by atoms with E-state index in [4.69, 9.17) is 23.7 Å². The molecule has 5 rings (SSSR count). The molecule has 3 aliphatic rings. The molecule has 2 aromatic rings. The van der Waals surface area contributed by atoms with Crippen LogP contribution in [0.25, 0.3) is 0 Å². The first-order valence-corrected chi connectivity index (χ1v) is 19.2. The topological polar surface area (TPSA) is 157 Å². The quantitative estimate of drug-likeness (QED) is 0.218. The molecule has 3 heterocycles. The summed E-state index contributed by atoms with van der Waals surface area (Å²) in [6.45, 7) is 10.3. The van der Waals surface area contributed by atoms with Gasteiger partial charge >= 0.3 is 12.1 Å². The molecule has 0 spiro atoms. The Balaban J connectivity index is 1.01. The van der Waals surface area contributed by atoms with E-state index in [1.165, 1.54) is 5.56 Å². The Morgan fingerprint density at radius 1 is 0.852 bits per heavy atom. The van der Waals surface area contributed by atoms with Crippen LogP contribution in [0.2, 0.25) is 0 Å². The summed E-state index contributed by atoms with van der Waals surface area (Å²) in [5, 5.41) is 8.49. The highest BCUT2D eigenvalue weighted by Gasteiger charge is 2.39. The minimum atomic E-state index is -0.545. The lowest BCUT2D eigenvalue weighted by atomic mass is 9.76. The number of hydrogen-bond acceptors (Lipinski definition) is 9. The Morgan fingerprint density at radius 2 is 1.56 bits per heavy atom. The summed E-state index contributed by atoms with van der Waals surface area (Å²) in [5.74, 6) is 0.958. The fraction of sp³-hybridized carbons (Fsp3) is 0.600. The minimum absolute atomic E-state index is 0.0275. The molecule has 1 unspecified atom stereocenters. The van der Waals surface area contributed by atoms with Crippen molar-refractivity contribution in [1.29, 1.82) is 0 Å². The van der Waals surface area contributed by atoms with Crippen molar-refractivity contribution < 1.29 is 42.9 Å². The third-order valence-corrected chi connectivity index (χ3v) is 9.71. The van der Waals surface area contributed by atoms with Crippen molar-refractivity contribution in [1.82, 2.24) is 25.8 Å². The first-order valence-electron chi connectivity index (χ1n) is 19.2. The Labute approximate surface area is 318 Å². The number of piperidine rings is 2. The maximum atomic E-state index is 13.5. The molecule has 3 aliphatic heterocycles. The molecule has 0 aromatic heterocycles. The van der Waals surface area contributed by atoms with Gasteiger partial charge in [-0.3, -0.25) is 9.59 Å². The van der Waals surface area contributed by atoms with Crippen molar-refractivity contribution in [2.45, 2.75) is 70.1 Å². The Kier molecular flexibility index (Phi) is 15.4. The molecule has 3 atom stereocenters. The SMILES string of the molecule is CC(C)(C)OC(=O)NCCOCCOCCC(=O)NCCOc1cccc(C(c2ccccc2)C2CCN(C(=O)N3CC[C@@H]4OCC(=O)N[C@@H]4C3)CC2)c1. The molecule has 5 amide bonds. The number of benzene rings is 2. The van der Waals surface area contributed by atoms with E-state index in [9.17, 15) is 19.2 Å². The maximum Gasteiger partial charge on any atom is 0.407 e. The van der Waals surface area contributed by atoms with Crippen molar-refractivity contribution in [3.05, 3.63) is 65.7 Å². The van der Waals surface area contributed by atoms with Crippen LogP contribution < -0.4 is 20.7 Å². The van der Waals surface area contributed by atoms with E-state index in [0.717, 1.165) is 30.6 Å². The fourth-order valence-electron chi connectivity index (χ4n) is 7.17. The van der Waals surface area contributed by atoms with Crippen LogP contribution in [-0.2, 0) is 28.5 Å². The second-order valence-corrected chi connectivity index (χ2v) is 14.9. The van der Waals surface area contributed by atoms with Gasteiger partial charge < -0.3 is 49.4 Å². The molecule has 54 heavy (non-hydrogen) atoms. The van der Waals surface area contributed by atoms with Gasteiger partial charge in [0.05, 0.1) is 45.1 Å². The summed E-state index contributed by atoms with van der Waals surface area (Å²) in [6, 6.07) is 18.5. The van der Waals surface area contributed by atoms with Crippen LogP contribution in [0.15, 0.2) is 54.6 Å². The van der Waals surface area contributed by atoms with Gasteiger partial charge in [-0.1, -0.05) is 42.5 Å². The number of nitrogens with zero attached hydrogens (tertiary/aromatic N) is 2. The van der Waals surface area contributed by atoms with Crippen LogP contribution in [0, 0.1) is 5.92 Å². The molecule has 2 aromatic carbocycles. The highest BCUT2D eigenvalue weighted by molar-refractivity contribution is 5.79. The van der Waals surface area contributed by atoms with E-state index in [2.05, 4.69) is 52.3 Å². The largest absolute Gasteiger partial charge is 0.492 e. The summed E-state index contributed by atoms with van der Waals surface area (Å²) < 4.78 is 27.8. The monoisotopic (exact) mass is 751 g/mol. The molecule has 0 radical (unpaired) electrons. The number of amides is 5. The molecule has 14 heteroatoms. The van der Waals surface area contributed by atoms with Gasteiger partial charge in [0.2, 0.25) is 11.8 Å². The van der Waals surface area contributed by atoms with Gasteiger partial charge in [0, 0.05) is 45.1 Å². The Hall–Kier alpha value is -4.40. The lowest BCUT2D eigenvalue weighted by molar-refractivity contribution is -0.139. The smallest absolute Gasteiger partial charge is 0.407 e. The number of fused-ring (bicyclic) bond motifs is 1. The summed E-state index contributed by atoms with van der Waals surface area (Å²) >= 11 is 0. The van der Waals surface area contributed by atoms with Gasteiger partial charge in [-0.2, -0.15) is 0 Å². The van der Waals surface area contributed by atoms with Gasteiger partial charge in [0.25, 0.3) is 0 Å². The molecule has 0 bridgehead atoms. The van der Waals surface area contributed by atoms with E-state index in [1.54, 1.807) is 20.8 Å². The number of nitrogens with one attached hydrogen (secondary N) is 3. The molecule has 14 nitrogen and oxygen atoms in total. The van der Waals surface area contributed by atoms with E-state index in [-0.39, 0.29) is 55.5 Å². The average molecular weight is 752 g/mol. The summed E-state index contributed by atoms with van der Waals surface area (Å²) in [5.41, 5.74) is 1.84. The molecular weight excluding hydrogens is 694 g/mol. The van der Waals surface area contributed by atoms with E-state index in [0.29, 0.717) is 71.6 Å². The van der Waals surface area contributed by atoms with E-state index < -0.39 is 11.7 Å². The zero-order valence-electron chi connectivity index (χ0n) is 31.9. The zero-order chi connectivity index (χ0) is 38.3. The van der Waals surface area contributed by atoms with Gasteiger partial charge in [-0.05, 0) is 69.2 Å². The highest BCUT2D eigenvalue weighted by Crippen LogP contribution is 2.39. The third kappa shape index (κ3) is 12.9. The zero-order valence-corrected chi connectivity index (χ0v) is 31.9. The number of alkyl carbamates (subject to hydrolysis) is 1. The summed E-state index contributed by atoms with van der Waals surface area (Å²) in [7, 11) is 0. The lowest BCUT2D eigenvalue weighted by Crippen LogP contribution is -2.62. The minimum Gasteiger partial charge on any atom is -0.492 e.